The van der Waals surface area contributed by atoms with Crippen LogP contribution in [0, 0.1) is 46.5 Å². The molecule has 7 nitrogen and oxygen atoms in total. The largest absolute Gasteiger partial charge is 0.444 e. The van der Waals surface area contributed by atoms with Gasteiger partial charge in [-0.2, -0.15) is 17.6 Å². The van der Waals surface area contributed by atoms with Crippen LogP contribution >= 0.6 is 0 Å². The molecule has 1 amide bonds. The first kappa shape index (κ1) is 29.3. The first-order chi connectivity index (χ1) is 17.0. The van der Waals surface area contributed by atoms with Gasteiger partial charge < -0.3 is 19.5 Å². The first-order valence-electron chi connectivity index (χ1n) is 10.1. The molecule has 0 saturated heterocycles. The Morgan fingerprint density at radius 1 is 0.757 bits per heavy atom. The fourth-order valence-corrected chi connectivity index (χ4v) is 2.58. The molecule has 0 bridgehead atoms. The van der Waals surface area contributed by atoms with E-state index in [4.69, 9.17) is 4.74 Å². The predicted octanol–water partition coefficient (Wildman–Crippen LogP) is 4.98. The zero-order valence-electron chi connectivity index (χ0n) is 19.1. The average molecular weight is 543 g/mol. The minimum Gasteiger partial charge on any atom is -0.444 e. The quantitative estimate of drug-likeness (QED) is 0.229. The van der Waals surface area contributed by atoms with Gasteiger partial charge in [0.25, 0.3) is 0 Å². The highest BCUT2D eigenvalue weighted by atomic mass is 19.2. The molecule has 1 N–H and O–H groups in total. The Labute approximate surface area is 203 Å². The molecule has 2 aromatic carbocycles. The summed E-state index contributed by atoms with van der Waals surface area (Å²) in [6, 6.07) is -2.33. The third-order valence-corrected chi connectivity index (χ3v) is 4.17. The molecule has 2 aromatic rings. The molecule has 0 saturated carbocycles. The third kappa shape index (κ3) is 7.54. The van der Waals surface area contributed by atoms with Crippen molar-refractivity contribution in [3.8, 4) is 11.5 Å². The lowest BCUT2D eigenvalue weighted by Gasteiger charge is -2.23. The molecule has 0 fully saturated rings. The number of esters is 2. The normalized spacial score (nSPS) is 12.1. The number of carbonyl (C=O) groups excluding carboxylic acids is 3. The number of ether oxygens (including phenoxy) is 3. The van der Waals surface area contributed by atoms with Crippen LogP contribution in [0.15, 0.2) is 12.1 Å². The molecule has 2 rings (SSSR count). The molecule has 0 spiro atoms. The number of benzene rings is 2. The topological polar surface area (TPSA) is 90.9 Å². The van der Waals surface area contributed by atoms with E-state index in [0.717, 1.165) is 0 Å². The molecule has 202 valence electrons. The van der Waals surface area contributed by atoms with E-state index in [2.05, 4.69) is 9.47 Å². The molecule has 0 aliphatic heterocycles. The summed E-state index contributed by atoms with van der Waals surface area (Å²) >= 11 is 0. The van der Waals surface area contributed by atoms with Gasteiger partial charge in [0.2, 0.25) is 34.8 Å². The van der Waals surface area contributed by atoms with Crippen molar-refractivity contribution in [3.05, 3.63) is 58.7 Å². The Morgan fingerprint density at radius 2 is 1.16 bits per heavy atom. The van der Waals surface area contributed by atoms with Crippen molar-refractivity contribution < 1.29 is 63.7 Å². The summed E-state index contributed by atoms with van der Waals surface area (Å²) < 4.78 is 122. The van der Waals surface area contributed by atoms with Gasteiger partial charge in [0.05, 0.1) is 0 Å². The van der Waals surface area contributed by atoms with Gasteiger partial charge in [-0.05, 0) is 27.2 Å². The van der Waals surface area contributed by atoms with E-state index in [0.29, 0.717) is 0 Å². The van der Waals surface area contributed by atoms with Gasteiger partial charge in [-0.1, -0.05) is 0 Å². The lowest BCUT2D eigenvalue weighted by molar-refractivity contribution is -0.138. The Hall–Kier alpha value is -3.91. The number of hydrogen-bond acceptors (Lipinski definition) is 6. The number of nitrogens with one attached hydrogen (secondary N) is 1. The summed E-state index contributed by atoms with van der Waals surface area (Å²) in [4.78, 5) is 36.5. The van der Waals surface area contributed by atoms with Crippen LogP contribution in [0.2, 0.25) is 0 Å². The van der Waals surface area contributed by atoms with Gasteiger partial charge in [-0.25, -0.2) is 27.2 Å². The fraction of sp³-hybridized carbons (Fsp3) is 0.318. The molecule has 0 aromatic heterocycles. The number of rotatable bonds is 7. The number of amides is 1. The van der Waals surface area contributed by atoms with Crippen molar-refractivity contribution in [2.45, 2.75) is 45.3 Å². The maximum Gasteiger partial charge on any atom is 0.408 e. The van der Waals surface area contributed by atoms with Gasteiger partial charge in [-0.3, -0.25) is 4.79 Å². The van der Waals surface area contributed by atoms with Crippen LogP contribution in [0.5, 0.6) is 11.5 Å². The van der Waals surface area contributed by atoms with Crippen LogP contribution in [0.25, 0.3) is 0 Å². The van der Waals surface area contributed by atoms with Crippen LogP contribution in [-0.4, -0.2) is 29.7 Å². The standard InChI is InChI=1S/C22H17F8NO6/c1-22(2,3)37-21(34)31-12(20(33)36-19-16(29)10(25)7-11(26)17(19)30)4-5-13(32)35-18-14(27)8(23)6-9(24)15(18)28/h6-7,12H,4-5H2,1-3H3,(H,31,34). The molecular formula is C22H17F8NO6. The third-order valence-electron chi connectivity index (χ3n) is 4.17. The van der Waals surface area contributed by atoms with Gasteiger partial charge in [-0.15, -0.1) is 0 Å². The molecule has 0 aliphatic rings. The van der Waals surface area contributed by atoms with Crippen LogP contribution in [0.3, 0.4) is 0 Å². The number of alkyl carbamates (subject to hydrolysis) is 1. The molecule has 0 heterocycles. The van der Waals surface area contributed by atoms with E-state index in [1.54, 1.807) is 0 Å². The summed E-state index contributed by atoms with van der Waals surface area (Å²) in [5, 5.41) is 1.88. The second-order valence-corrected chi connectivity index (χ2v) is 8.23. The minimum atomic E-state index is -2.10. The lowest BCUT2D eigenvalue weighted by atomic mass is 10.1. The summed E-state index contributed by atoms with van der Waals surface area (Å²) in [5.41, 5.74) is -1.13. The van der Waals surface area contributed by atoms with Crippen LogP contribution in [0.1, 0.15) is 33.6 Å². The van der Waals surface area contributed by atoms with Gasteiger partial charge in [0.15, 0.2) is 23.3 Å². The molecule has 0 aliphatic carbocycles. The van der Waals surface area contributed by atoms with E-state index in [1.165, 1.54) is 20.8 Å². The van der Waals surface area contributed by atoms with E-state index in [1.807, 2.05) is 5.32 Å². The Kier molecular flexibility index (Phi) is 9.06. The van der Waals surface area contributed by atoms with Crippen LogP contribution in [0.4, 0.5) is 39.9 Å². The zero-order valence-corrected chi connectivity index (χ0v) is 19.1. The van der Waals surface area contributed by atoms with Crippen molar-refractivity contribution in [1.29, 1.82) is 0 Å². The van der Waals surface area contributed by atoms with Gasteiger partial charge >= 0.3 is 18.0 Å². The zero-order chi connectivity index (χ0) is 28.2. The SMILES string of the molecule is CC(C)(C)OC(=O)NC(CCC(=O)Oc1c(F)c(F)cc(F)c1F)C(=O)Oc1c(F)c(F)cc(F)c1F. The van der Waals surface area contributed by atoms with E-state index in [-0.39, 0.29) is 12.1 Å². The molecule has 0 radical (unpaired) electrons. The summed E-state index contributed by atoms with van der Waals surface area (Å²) in [6.07, 6.45) is -3.22. The van der Waals surface area contributed by atoms with Crippen LogP contribution < -0.4 is 14.8 Å². The second-order valence-electron chi connectivity index (χ2n) is 8.23. The van der Waals surface area contributed by atoms with E-state index >= 15 is 0 Å². The smallest absolute Gasteiger partial charge is 0.408 e. The number of carbonyl (C=O) groups is 3. The molecule has 1 unspecified atom stereocenters. The van der Waals surface area contributed by atoms with E-state index in [9.17, 15) is 49.5 Å². The first-order valence-corrected chi connectivity index (χ1v) is 10.1. The van der Waals surface area contributed by atoms with Crippen molar-refractivity contribution >= 4 is 18.0 Å². The molecule has 37 heavy (non-hydrogen) atoms. The van der Waals surface area contributed by atoms with Gasteiger partial charge in [0.1, 0.15) is 11.6 Å². The summed E-state index contributed by atoms with van der Waals surface area (Å²) in [7, 11) is 0. The Morgan fingerprint density at radius 3 is 1.57 bits per heavy atom. The highest BCUT2D eigenvalue weighted by Crippen LogP contribution is 2.28. The number of halogens is 8. The second kappa shape index (κ2) is 11.4. The monoisotopic (exact) mass is 543 g/mol. The van der Waals surface area contributed by atoms with Crippen molar-refractivity contribution in [2.75, 3.05) is 0 Å². The average Bonchev–Trinajstić information content (AvgIpc) is 2.78. The van der Waals surface area contributed by atoms with E-state index < -0.39 is 101 Å². The Bertz CT molecular complexity index is 1180. The summed E-state index contributed by atoms with van der Waals surface area (Å²) in [5.74, 6) is -22.8. The summed E-state index contributed by atoms with van der Waals surface area (Å²) in [6.45, 7) is 4.25. The maximum atomic E-state index is 13.9. The minimum absolute atomic E-state index is 0.147. The maximum absolute atomic E-state index is 13.9. The molecular weight excluding hydrogens is 526 g/mol. The molecule has 1 atom stereocenters. The van der Waals surface area contributed by atoms with Crippen molar-refractivity contribution in [1.82, 2.24) is 5.32 Å². The fourth-order valence-electron chi connectivity index (χ4n) is 2.58. The number of hydrogen-bond donors (Lipinski definition) is 1. The molecule has 15 heteroatoms. The predicted molar refractivity (Wildman–Crippen MR) is 106 cm³/mol. The Balaban J connectivity index is 2.25. The highest BCUT2D eigenvalue weighted by molar-refractivity contribution is 5.84. The van der Waals surface area contributed by atoms with Crippen molar-refractivity contribution in [2.24, 2.45) is 0 Å². The highest BCUT2D eigenvalue weighted by Gasteiger charge is 2.31. The van der Waals surface area contributed by atoms with Crippen LogP contribution in [-0.2, 0) is 14.3 Å². The van der Waals surface area contributed by atoms with Gasteiger partial charge in [0, 0.05) is 18.6 Å². The van der Waals surface area contributed by atoms with Crippen molar-refractivity contribution in [3.63, 3.8) is 0 Å². The lowest BCUT2D eigenvalue weighted by Crippen LogP contribution is -2.45.